The standard InChI is InChI=1S/C43H51N3O7/c1-6-9-19-35(48)44-28(5)38(30-16-11-10-12-17-30)52-42(51)36-34-22-23-43(53-34)37(36)40(49)46(33(26-47)27(4)8-3)39(43)41(50)45(24-7-2)32-21-20-29-15-13-14-18-31(29)25-32/h6-7,10-18,20-21,25,27-28,33-34,36-39,47H,1-2,8-9,19,22-24,26H2,3-5H3,(H,44,48)/t27-,28+,33-,34+,36-,37-,38+,39+,43-/m0/s1. The van der Waals surface area contributed by atoms with Crippen LogP contribution in [-0.4, -0.2) is 76.7 Å². The third-order valence-corrected chi connectivity index (χ3v) is 11.5. The van der Waals surface area contributed by atoms with Crippen LogP contribution < -0.4 is 10.2 Å². The summed E-state index contributed by atoms with van der Waals surface area (Å²) in [7, 11) is 0. The van der Waals surface area contributed by atoms with Crippen molar-refractivity contribution in [2.45, 2.75) is 88.8 Å². The molecule has 0 unspecified atom stereocenters. The van der Waals surface area contributed by atoms with Gasteiger partial charge in [-0.2, -0.15) is 0 Å². The lowest BCUT2D eigenvalue weighted by Crippen LogP contribution is -2.60. The van der Waals surface area contributed by atoms with Crippen molar-refractivity contribution in [3.8, 4) is 0 Å². The fraction of sp³-hybridized carbons (Fsp3) is 0.442. The van der Waals surface area contributed by atoms with E-state index < -0.39 is 59.6 Å². The number of carbonyl (C=O) groups is 4. The molecule has 280 valence electrons. The zero-order valence-electron chi connectivity index (χ0n) is 30.9. The van der Waals surface area contributed by atoms with Gasteiger partial charge >= 0.3 is 5.97 Å². The Hall–Kier alpha value is -4.80. The number of benzene rings is 3. The maximum Gasteiger partial charge on any atom is 0.313 e. The molecule has 53 heavy (non-hydrogen) atoms. The van der Waals surface area contributed by atoms with Gasteiger partial charge in [0.15, 0.2) is 0 Å². The SMILES string of the molecule is C=CCCC(=O)N[C@H](C)[C@@H](OC(=O)[C@@H]1[C@H]2C(=O)N([C@@H](CO)[C@@H](C)CC)[C@H](C(=O)N(CC=C)c3ccc4ccccc4c3)[C@]23CC[C@H]1O3)c1ccccc1. The van der Waals surface area contributed by atoms with Gasteiger partial charge in [0.25, 0.3) is 5.91 Å². The fourth-order valence-electron chi connectivity index (χ4n) is 8.69. The van der Waals surface area contributed by atoms with Crippen LogP contribution in [0.4, 0.5) is 5.69 Å². The van der Waals surface area contributed by atoms with Crippen LogP contribution in [0.2, 0.25) is 0 Å². The van der Waals surface area contributed by atoms with E-state index in [0.717, 1.165) is 10.8 Å². The highest BCUT2D eigenvalue weighted by atomic mass is 16.6. The summed E-state index contributed by atoms with van der Waals surface area (Å²) in [4.78, 5) is 60.5. The molecule has 10 heteroatoms. The molecule has 3 saturated heterocycles. The molecule has 9 atom stereocenters. The molecule has 0 saturated carbocycles. The Morgan fingerprint density at radius 2 is 1.77 bits per heavy atom. The van der Waals surface area contributed by atoms with Gasteiger partial charge in [-0.3, -0.25) is 19.2 Å². The fourth-order valence-corrected chi connectivity index (χ4v) is 8.69. The predicted molar refractivity (Wildman–Crippen MR) is 204 cm³/mol. The van der Waals surface area contributed by atoms with Gasteiger partial charge in [-0.1, -0.05) is 93.1 Å². The van der Waals surface area contributed by atoms with Crippen LogP contribution in [0.3, 0.4) is 0 Å². The molecular weight excluding hydrogens is 670 g/mol. The van der Waals surface area contributed by atoms with E-state index in [1.165, 1.54) is 4.90 Å². The molecule has 2 N–H and O–H groups in total. The smallest absolute Gasteiger partial charge is 0.313 e. The topological polar surface area (TPSA) is 125 Å². The third kappa shape index (κ3) is 7.02. The highest BCUT2D eigenvalue weighted by molar-refractivity contribution is 6.05. The first kappa shape index (κ1) is 37.9. The number of carbonyl (C=O) groups excluding carboxylic acids is 4. The number of aliphatic hydroxyl groups is 1. The van der Waals surface area contributed by atoms with Gasteiger partial charge < -0.3 is 29.7 Å². The Morgan fingerprint density at radius 3 is 2.45 bits per heavy atom. The summed E-state index contributed by atoms with van der Waals surface area (Å²) < 4.78 is 13.0. The lowest BCUT2D eigenvalue weighted by molar-refractivity contribution is -0.162. The molecule has 3 aliphatic rings. The minimum Gasteiger partial charge on any atom is -0.455 e. The minimum absolute atomic E-state index is 0.154. The lowest BCUT2D eigenvalue weighted by atomic mass is 9.70. The summed E-state index contributed by atoms with van der Waals surface area (Å²) in [5.74, 6) is -3.72. The van der Waals surface area contributed by atoms with Crippen LogP contribution in [0.15, 0.2) is 98.1 Å². The van der Waals surface area contributed by atoms with Gasteiger partial charge in [0.1, 0.15) is 17.7 Å². The Balaban J connectivity index is 1.37. The van der Waals surface area contributed by atoms with Crippen molar-refractivity contribution in [2.75, 3.05) is 18.1 Å². The lowest BCUT2D eigenvalue weighted by Gasteiger charge is -2.41. The van der Waals surface area contributed by atoms with Crippen LogP contribution in [0.1, 0.15) is 64.5 Å². The van der Waals surface area contributed by atoms with Gasteiger partial charge in [0.05, 0.1) is 36.6 Å². The van der Waals surface area contributed by atoms with Crippen LogP contribution in [0, 0.1) is 17.8 Å². The number of nitrogens with zero attached hydrogens (tertiary/aromatic N) is 2. The number of hydrogen-bond donors (Lipinski definition) is 2. The molecule has 10 nitrogen and oxygen atoms in total. The number of amides is 3. The van der Waals surface area contributed by atoms with Gasteiger partial charge in [0, 0.05) is 18.7 Å². The zero-order valence-corrected chi connectivity index (χ0v) is 30.9. The highest BCUT2D eigenvalue weighted by Gasteiger charge is 2.76. The Morgan fingerprint density at radius 1 is 1.06 bits per heavy atom. The first-order valence-electron chi connectivity index (χ1n) is 18.8. The van der Waals surface area contributed by atoms with E-state index in [4.69, 9.17) is 9.47 Å². The molecule has 3 heterocycles. The number of esters is 1. The molecule has 0 aliphatic carbocycles. The number of likely N-dealkylation sites (tertiary alicyclic amines) is 1. The molecule has 3 aromatic carbocycles. The van der Waals surface area contributed by atoms with Crippen molar-refractivity contribution in [3.05, 3.63) is 104 Å². The summed E-state index contributed by atoms with van der Waals surface area (Å²) in [6, 6.07) is 20.5. The highest BCUT2D eigenvalue weighted by Crippen LogP contribution is 2.60. The first-order chi connectivity index (χ1) is 25.6. The molecule has 2 bridgehead atoms. The number of aliphatic hydroxyl groups excluding tert-OH is 1. The summed E-state index contributed by atoms with van der Waals surface area (Å²) in [6.45, 7) is 13.2. The molecular formula is C43H51N3O7. The van der Waals surface area contributed by atoms with Crippen molar-refractivity contribution >= 4 is 40.2 Å². The largest absolute Gasteiger partial charge is 0.455 e. The Kier molecular flexibility index (Phi) is 11.5. The second-order valence-electron chi connectivity index (χ2n) is 14.7. The zero-order chi connectivity index (χ0) is 37.9. The van der Waals surface area contributed by atoms with Crippen LogP contribution in [-0.2, 0) is 28.7 Å². The molecule has 0 aromatic heterocycles. The number of nitrogens with one attached hydrogen (secondary N) is 1. The third-order valence-electron chi connectivity index (χ3n) is 11.5. The monoisotopic (exact) mass is 721 g/mol. The molecule has 3 aromatic rings. The summed E-state index contributed by atoms with van der Waals surface area (Å²) in [5, 5.41) is 15.8. The van der Waals surface area contributed by atoms with Crippen molar-refractivity contribution < 1.29 is 33.8 Å². The minimum atomic E-state index is -1.31. The van der Waals surface area contributed by atoms with Gasteiger partial charge in [-0.25, -0.2) is 0 Å². The van der Waals surface area contributed by atoms with Crippen molar-refractivity contribution in [1.82, 2.24) is 10.2 Å². The number of fused-ring (bicyclic) bond motifs is 2. The summed E-state index contributed by atoms with van der Waals surface area (Å²) in [6.07, 6.45) is 4.07. The number of allylic oxidation sites excluding steroid dienone is 1. The maximum atomic E-state index is 15.2. The average molecular weight is 722 g/mol. The van der Waals surface area contributed by atoms with E-state index in [1.54, 1.807) is 24.0 Å². The molecule has 0 radical (unpaired) electrons. The predicted octanol–water partition coefficient (Wildman–Crippen LogP) is 5.90. The van der Waals surface area contributed by atoms with Crippen LogP contribution in [0.5, 0.6) is 0 Å². The van der Waals surface area contributed by atoms with Crippen molar-refractivity contribution in [3.63, 3.8) is 0 Å². The van der Waals surface area contributed by atoms with Crippen molar-refractivity contribution in [2.24, 2.45) is 17.8 Å². The van der Waals surface area contributed by atoms with Crippen LogP contribution in [0.25, 0.3) is 10.8 Å². The number of ether oxygens (including phenoxy) is 2. The van der Waals surface area contributed by atoms with E-state index in [9.17, 15) is 19.5 Å². The van der Waals surface area contributed by atoms with Gasteiger partial charge in [-0.15, -0.1) is 13.2 Å². The molecule has 3 aliphatic heterocycles. The quantitative estimate of drug-likeness (QED) is 0.140. The van der Waals surface area contributed by atoms with Crippen molar-refractivity contribution in [1.29, 1.82) is 0 Å². The second kappa shape index (κ2) is 16.1. The number of hydrogen-bond acceptors (Lipinski definition) is 7. The molecule has 1 spiro atoms. The van der Waals surface area contributed by atoms with Gasteiger partial charge in [-0.05, 0) is 60.6 Å². The number of anilines is 1. The first-order valence-corrected chi connectivity index (χ1v) is 18.8. The van der Waals surface area contributed by atoms with Crippen LogP contribution >= 0.6 is 0 Å². The van der Waals surface area contributed by atoms with E-state index >= 15 is 4.79 Å². The Bertz CT molecular complexity index is 1850. The van der Waals surface area contributed by atoms with E-state index in [-0.39, 0.29) is 37.3 Å². The normalized spacial score (nSPS) is 25.3. The van der Waals surface area contributed by atoms with Gasteiger partial charge in [0.2, 0.25) is 11.8 Å². The van der Waals surface area contributed by atoms with E-state index in [0.29, 0.717) is 36.9 Å². The average Bonchev–Trinajstić information content (AvgIpc) is 3.82. The molecule has 3 fully saturated rings. The van der Waals surface area contributed by atoms with E-state index in [1.807, 2.05) is 86.6 Å². The molecule has 6 rings (SSSR count). The number of rotatable bonds is 16. The summed E-state index contributed by atoms with van der Waals surface area (Å²) in [5.41, 5.74) is 0.0197. The maximum absolute atomic E-state index is 15.2. The second-order valence-corrected chi connectivity index (χ2v) is 14.7. The molecule has 3 amide bonds. The Labute approximate surface area is 311 Å². The summed E-state index contributed by atoms with van der Waals surface area (Å²) >= 11 is 0. The van der Waals surface area contributed by atoms with E-state index in [2.05, 4.69) is 18.5 Å².